The van der Waals surface area contributed by atoms with Crippen LogP contribution in [0.15, 0.2) is 0 Å². The first-order valence-corrected chi connectivity index (χ1v) is 11.3. The second-order valence-electron chi connectivity index (χ2n) is 9.70. The van der Waals surface area contributed by atoms with Gasteiger partial charge >= 0.3 is 5.97 Å². The van der Waals surface area contributed by atoms with Crippen LogP contribution in [-0.4, -0.2) is 11.1 Å². The Kier molecular flexibility index (Phi) is 6.49. The average Bonchev–Trinajstić information content (AvgIpc) is 2.62. The molecule has 0 aromatic carbocycles. The summed E-state index contributed by atoms with van der Waals surface area (Å²) in [5.41, 5.74) is -0.367. The predicted molar refractivity (Wildman–Crippen MR) is 104 cm³/mol. The lowest BCUT2D eigenvalue weighted by Gasteiger charge is -2.51. The summed E-state index contributed by atoms with van der Waals surface area (Å²) in [6.07, 6.45) is 17.7. The third kappa shape index (κ3) is 4.08. The van der Waals surface area contributed by atoms with Gasteiger partial charge in [-0.2, -0.15) is 0 Å². The molecular weight excluding hydrogens is 308 g/mol. The maximum Gasteiger partial charge on any atom is 0.309 e. The van der Waals surface area contributed by atoms with Crippen molar-refractivity contribution in [2.45, 2.75) is 104 Å². The molecule has 0 radical (unpaired) electrons. The summed E-state index contributed by atoms with van der Waals surface area (Å²) in [6.45, 7) is 4.55. The third-order valence-electron chi connectivity index (χ3n) is 8.28. The van der Waals surface area contributed by atoms with Gasteiger partial charge in [0.15, 0.2) is 0 Å². The number of aliphatic carboxylic acids is 1. The quantitative estimate of drug-likeness (QED) is 0.581. The Morgan fingerprint density at radius 3 is 2.16 bits per heavy atom. The standard InChI is InChI=1S/C23H40O2/c1-3-5-17-7-10-19(11-8-17)20-13-14-23(22(24)25)16-18(6-4-2)9-12-21(23)15-20/h17-21H,3-16H2,1-2H3,(H,24,25). The van der Waals surface area contributed by atoms with Crippen molar-refractivity contribution >= 4 is 5.97 Å². The fraction of sp³-hybridized carbons (Fsp3) is 0.957. The van der Waals surface area contributed by atoms with Crippen molar-refractivity contribution in [3.63, 3.8) is 0 Å². The van der Waals surface area contributed by atoms with Gasteiger partial charge in [-0.3, -0.25) is 4.79 Å². The number of rotatable bonds is 6. The first-order valence-electron chi connectivity index (χ1n) is 11.3. The first-order chi connectivity index (χ1) is 12.1. The van der Waals surface area contributed by atoms with Crippen LogP contribution in [0.2, 0.25) is 0 Å². The van der Waals surface area contributed by atoms with E-state index in [4.69, 9.17) is 0 Å². The van der Waals surface area contributed by atoms with Gasteiger partial charge in [-0.1, -0.05) is 58.8 Å². The summed E-state index contributed by atoms with van der Waals surface area (Å²) in [6, 6.07) is 0. The third-order valence-corrected chi connectivity index (χ3v) is 8.28. The Morgan fingerprint density at radius 1 is 0.880 bits per heavy atom. The van der Waals surface area contributed by atoms with E-state index < -0.39 is 5.97 Å². The zero-order chi connectivity index (χ0) is 17.9. The topological polar surface area (TPSA) is 37.3 Å². The second kappa shape index (κ2) is 8.44. The fourth-order valence-electron chi connectivity index (χ4n) is 6.88. The average molecular weight is 349 g/mol. The summed E-state index contributed by atoms with van der Waals surface area (Å²) >= 11 is 0. The largest absolute Gasteiger partial charge is 0.481 e. The number of hydrogen-bond donors (Lipinski definition) is 1. The van der Waals surface area contributed by atoms with Gasteiger partial charge in [0, 0.05) is 0 Å². The maximum absolute atomic E-state index is 12.3. The lowest BCUT2D eigenvalue weighted by Crippen LogP contribution is -2.48. The van der Waals surface area contributed by atoms with Gasteiger partial charge in [-0.05, 0) is 74.5 Å². The van der Waals surface area contributed by atoms with Crippen molar-refractivity contribution in [2.24, 2.45) is 35.0 Å². The van der Waals surface area contributed by atoms with E-state index in [9.17, 15) is 9.90 Å². The Balaban J connectivity index is 1.60. The molecule has 0 amide bonds. The maximum atomic E-state index is 12.3. The number of carboxylic acid groups (broad SMARTS) is 1. The van der Waals surface area contributed by atoms with E-state index >= 15 is 0 Å². The van der Waals surface area contributed by atoms with E-state index in [0.29, 0.717) is 11.8 Å². The van der Waals surface area contributed by atoms with Gasteiger partial charge in [0.05, 0.1) is 5.41 Å². The van der Waals surface area contributed by atoms with E-state index in [-0.39, 0.29) is 5.41 Å². The molecule has 25 heavy (non-hydrogen) atoms. The first kappa shape index (κ1) is 19.2. The molecule has 2 nitrogen and oxygen atoms in total. The van der Waals surface area contributed by atoms with E-state index in [2.05, 4.69) is 13.8 Å². The highest BCUT2D eigenvalue weighted by atomic mass is 16.4. The minimum atomic E-state index is -0.469. The van der Waals surface area contributed by atoms with Crippen molar-refractivity contribution in [3.05, 3.63) is 0 Å². The molecule has 0 aliphatic heterocycles. The molecular formula is C23H40O2. The lowest BCUT2D eigenvalue weighted by atomic mass is 9.53. The predicted octanol–water partition coefficient (Wildman–Crippen LogP) is 6.68. The molecule has 0 spiro atoms. The van der Waals surface area contributed by atoms with Crippen LogP contribution in [0.4, 0.5) is 0 Å². The number of carboxylic acids is 1. The zero-order valence-corrected chi connectivity index (χ0v) is 16.6. The van der Waals surface area contributed by atoms with Crippen LogP contribution in [0, 0.1) is 35.0 Å². The van der Waals surface area contributed by atoms with E-state index in [1.165, 1.54) is 77.0 Å². The summed E-state index contributed by atoms with van der Waals surface area (Å²) in [4.78, 5) is 12.3. The van der Waals surface area contributed by atoms with E-state index in [1.54, 1.807) is 0 Å². The van der Waals surface area contributed by atoms with Gasteiger partial charge in [0.1, 0.15) is 0 Å². The van der Waals surface area contributed by atoms with Crippen LogP contribution in [0.3, 0.4) is 0 Å². The highest BCUT2D eigenvalue weighted by Crippen LogP contribution is 2.56. The molecule has 3 saturated carbocycles. The van der Waals surface area contributed by atoms with Crippen LogP contribution in [0.1, 0.15) is 104 Å². The molecule has 0 heterocycles. The highest BCUT2D eigenvalue weighted by molar-refractivity contribution is 5.75. The Hall–Kier alpha value is -0.530. The van der Waals surface area contributed by atoms with Gasteiger partial charge in [0.2, 0.25) is 0 Å². The monoisotopic (exact) mass is 348 g/mol. The van der Waals surface area contributed by atoms with Crippen LogP contribution >= 0.6 is 0 Å². The summed E-state index contributed by atoms with van der Waals surface area (Å²) in [7, 11) is 0. The molecule has 144 valence electrons. The van der Waals surface area contributed by atoms with Crippen molar-refractivity contribution in [1.29, 1.82) is 0 Å². The van der Waals surface area contributed by atoms with Gasteiger partial charge in [0.25, 0.3) is 0 Å². The van der Waals surface area contributed by atoms with Gasteiger partial charge < -0.3 is 5.11 Å². The van der Waals surface area contributed by atoms with E-state index in [0.717, 1.165) is 30.6 Å². The SMILES string of the molecule is CCCC1CCC(C2CCC3(C(=O)O)CC(CCC)CCC3C2)CC1. The highest BCUT2D eigenvalue weighted by Gasteiger charge is 2.52. The van der Waals surface area contributed by atoms with E-state index in [1.807, 2.05) is 0 Å². The molecule has 0 aromatic heterocycles. The number of fused-ring (bicyclic) bond motifs is 1. The molecule has 0 bridgehead atoms. The molecule has 3 fully saturated rings. The van der Waals surface area contributed by atoms with Crippen LogP contribution in [0.5, 0.6) is 0 Å². The smallest absolute Gasteiger partial charge is 0.309 e. The molecule has 3 aliphatic carbocycles. The second-order valence-corrected chi connectivity index (χ2v) is 9.70. The van der Waals surface area contributed by atoms with Gasteiger partial charge in [-0.25, -0.2) is 0 Å². The van der Waals surface area contributed by atoms with Crippen LogP contribution in [-0.2, 0) is 4.79 Å². The number of hydrogen-bond acceptors (Lipinski definition) is 1. The fourth-order valence-corrected chi connectivity index (χ4v) is 6.88. The minimum absolute atomic E-state index is 0.367. The van der Waals surface area contributed by atoms with Crippen LogP contribution in [0.25, 0.3) is 0 Å². The molecule has 0 aromatic rings. The molecule has 3 aliphatic rings. The molecule has 4 atom stereocenters. The lowest BCUT2D eigenvalue weighted by molar-refractivity contribution is -0.162. The zero-order valence-electron chi connectivity index (χ0n) is 16.6. The summed E-state index contributed by atoms with van der Waals surface area (Å²) in [5.74, 6) is 3.36. The van der Waals surface area contributed by atoms with Crippen molar-refractivity contribution < 1.29 is 9.90 Å². The Labute approximate surface area is 155 Å². The normalized spacial score (nSPS) is 41.9. The van der Waals surface area contributed by atoms with Gasteiger partial charge in [-0.15, -0.1) is 0 Å². The Bertz CT molecular complexity index is 437. The van der Waals surface area contributed by atoms with Crippen LogP contribution < -0.4 is 0 Å². The summed E-state index contributed by atoms with van der Waals surface area (Å²) in [5, 5.41) is 10.1. The Morgan fingerprint density at radius 2 is 1.52 bits per heavy atom. The molecule has 1 N–H and O–H groups in total. The molecule has 2 heteroatoms. The van der Waals surface area contributed by atoms with Crippen molar-refractivity contribution in [1.82, 2.24) is 0 Å². The molecule has 0 saturated heterocycles. The molecule has 3 rings (SSSR count). The summed E-state index contributed by atoms with van der Waals surface area (Å²) < 4.78 is 0. The van der Waals surface area contributed by atoms with Crippen molar-refractivity contribution in [2.75, 3.05) is 0 Å². The minimum Gasteiger partial charge on any atom is -0.481 e. The van der Waals surface area contributed by atoms with Crippen molar-refractivity contribution in [3.8, 4) is 0 Å². The number of carbonyl (C=O) groups is 1. The molecule has 4 unspecified atom stereocenters.